The van der Waals surface area contributed by atoms with Crippen LogP contribution in [0.2, 0.25) is 0 Å². The van der Waals surface area contributed by atoms with E-state index in [0.717, 1.165) is 31.4 Å². The summed E-state index contributed by atoms with van der Waals surface area (Å²) in [5, 5.41) is 0. The number of nitrogens with zero attached hydrogens (tertiary/aromatic N) is 4. The Morgan fingerprint density at radius 1 is 1.44 bits per heavy atom. The molecule has 98 valence electrons. The fourth-order valence-electron chi connectivity index (χ4n) is 2.60. The molecule has 2 saturated heterocycles. The van der Waals surface area contributed by atoms with Crippen LogP contribution in [0.5, 0.6) is 0 Å². The first kappa shape index (κ1) is 12.0. The number of amides is 1. The number of rotatable bonds is 1. The van der Waals surface area contributed by atoms with Gasteiger partial charge in [-0.1, -0.05) is 0 Å². The van der Waals surface area contributed by atoms with E-state index in [1.807, 2.05) is 11.8 Å². The van der Waals surface area contributed by atoms with Gasteiger partial charge in [-0.05, 0) is 14.0 Å². The molecule has 0 aromatic carbocycles. The lowest BCUT2D eigenvalue weighted by atomic mass is 10.1. The highest BCUT2D eigenvalue weighted by Gasteiger charge is 2.41. The topological polar surface area (TPSA) is 58.6 Å². The summed E-state index contributed by atoms with van der Waals surface area (Å²) in [4.78, 5) is 16.4. The minimum atomic E-state index is -0.0207. The first-order valence-corrected chi connectivity index (χ1v) is 6.80. The molecule has 0 aliphatic carbocycles. The van der Waals surface area contributed by atoms with Gasteiger partial charge in [0.1, 0.15) is 0 Å². The monoisotopic (exact) mass is 268 g/mol. The number of likely N-dealkylation sites (N-methyl/N-ethyl adjacent to an activating group) is 1. The van der Waals surface area contributed by atoms with E-state index in [9.17, 15) is 4.79 Å². The van der Waals surface area contributed by atoms with Crippen molar-refractivity contribution in [3.05, 3.63) is 11.4 Å². The second-order valence-corrected chi connectivity index (χ2v) is 5.39. The molecule has 0 unspecified atom stereocenters. The van der Waals surface area contributed by atoms with Crippen LogP contribution in [-0.2, 0) is 4.74 Å². The number of morpholine rings is 1. The van der Waals surface area contributed by atoms with Gasteiger partial charge < -0.3 is 9.64 Å². The number of hydrogen-bond acceptors (Lipinski definition) is 6. The fourth-order valence-corrected chi connectivity index (χ4v) is 3.14. The Bertz CT molecular complexity index is 464. The molecule has 2 fully saturated rings. The molecule has 1 aromatic rings. The first-order valence-electron chi connectivity index (χ1n) is 6.07. The maximum atomic E-state index is 12.3. The predicted octanol–water partition coefficient (Wildman–Crippen LogP) is 0.00152. The van der Waals surface area contributed by atoms with Crippen molar-refractivity contribution < 1.29 is 9.53 Å². The molecule has 0 saturated carbocycles. The normalized spacial score (nSPS) is 28.4. The Morgan fingerprint density at radius 3 is 2.94 bits per heavy atom. The van der Waals surface area contributed by atoms with Crippen molar-refractivity contribution in [2.45, 2.75) is 19.1 Å². The number of hydrogen-bond donors (Lipinski definition) is 0. The van der Waals surface area contributed by atoms with E-state index in [1.54, 1.807) is 0 Å². The third-order valence-corrected chi connectivity index (χ3v) is 4.34. The zero-order chi connectivity index (χ0) is 12.7. The molecule has 18 heavy (non-hydrogen) atoms. The quantitative estimate of drug-likeness (QED) is 0.717. The van der Waals surface area contributed by atoms with Crippen LogP contribution in [0.1, 0.15) is 16.2 Å². The molecule has 2 aliphatic heterocycles. The Kier molecular flexibility index (Phi) is 3.04. The number of fused-ring (bicyclic) bond motifs is 1. The summed E-state index contributed by atoms with van der Waals surface area (Å²) in [6.07, 6.45) is 0.139. The van der Waals surface area contributed by atoms with Crippen LogP contribution < -0.4 is 0 Å². The van der Waals surface area contributed by atoms with Crippen molar-refractivity contribution in [1.29, 1.82) is 0 Å². The molecule has 0 radical (unpaired) electrons. The van der Waals surface area contributed by atoms with Gasteiger partial charge in [0.15, 0.2) is 5.69 Å². The minimum Gasteiger partial charge on any atom is -0.373 e. The Balaban J connectivity index is 1.75. The maximum Gasteiger partial charge on any atom is 0.275 e. The van der Waals surface area contributed by atoms with Crippen molar-refractivity contribution in [3.63, 3.8) is 0 Å². The molecule has 6 nitrogen and oxygen atoms in total. The lowest BCUT2D eigenvalue weighted by Crippen LogP contribution is -2.48. The van der Waals surface area contributed by atoms with E-state index in [0.29, 0.717) is 24.0 Å². The van der Waals surface area contributed by atoms with Crippen LogP contribution in [0.3, 0.4) is 0 Å². The summed E-state index contributed by atoms with van der Waals surface area (Å²) in [5.74, 6) is -0.0207. The van der Waals surface area contributed by atoms with Crippen LogP contribution in [0.15, 0.2) is 0 Å². The average Bonchev–Trinajstić information content (AvgIpc) is 2.95. The highest BCUT2D eigenvalue weighted by Crippen LogP contribution is 2.23. The third kappa shape index (κ3) is 1.92. The fraction of sp³-hybridized carbons (Fsp3) is 0.727. The smallest absolute Gasteiger partial charge is 0.275 e. The lowest BCUT2D eigenvalue weighted by molar-refractivity contribution is -0.0368. The summed E-state index contributed by atoms with van der Waals surface area (Å²) in [6, 6.07) is 0.314. The summed E-state index contributed by atoms with van der Waals surface area (Å²) in [6.45, 7) is 4.88. The SMILES string of the molecule is Cc1nsnc1C(=O)N1C[C@@H]2OCCN(C)[C@H]2C1. The van der Waals surface area contributed by atoms with Crippen molar-refractivity contribution in [3.8, 4) is 0 Å². The van der Waals surface area contributed by atoms with Gasteiger partial charge in [0.2, 0.25) is 0 Å². The summed E-state index contributed by atoms with van der Waals surface area (Å²) < 4.78 is 13.9. The summed E-state index contributed by atoms with van der Waals surface area (Å²) in [7, 11) is 2.09. The van der Waals surface area contributed by atoms with Gasteiger partial charge in [-0.25, -0.2) is 0 Å². The molecule has 3 rings (SSSR count). The number of ether oxygens (including phenoxy) is 1. The molecule has 2 aliphatic rings. The number of aryl methyl sites for hydroxylation is 1. The van der Waals surface area contributed by atoms with Crippen LogP contribution >= 0.6 is 11.7 Å². The molecule has 2 atom stereocenters. The zero-order valence-electron chi connectivity index (χ0n) is 10.5. The molecule has 3 heterocycles. The molecular weight excluding hydrogens is 252 g/mol. The van der Waals surface area contributed by atoms with Crippen molar-refractivity contribution in [2.75, 3.05) is 33.3 Å². The van der Waals surface area contributed by atoms with Crippen molar-refractivity contribution in [2.24, 2.45) is 0 Å². The summed E-state index contributed by atoms with van der Waals surface area (Å²) >= 11 is 1.09. The largest absolute Gasteiger partial charge is 0.373 e. The maximum absolute atomic E-state index is 12.3. The van der Waals surface area contributed by atoms with Gasteiger partial charge in [-0.3, -0.25) is 9.69 Å². The van der Waals surface area contributed by atoms with Gasteiger partial charge in [0.05, 0.1) is 36.2 Å². The number of likely N-dealkylation sites (tertiary alicyclic amines) is 1. The zero-order valence-corrected chi connectivity index (χ0v) is 11.3. The van der Waals surface area contributed by atoms with Crippen LogP contribution in [0, 0.1) is 6.92 Å². The van der Waals surface area contributed by atoms with E-state index in [-0.39, 0.29) is 12.0 Å². The molecule has 1 amide bonds. The van der Waals surface area contributed by atoms with E-state index in [4.69, 9.17) is 4.74 Å². The van der Waals surface area contributed by atoms with E-state index < -0.39 is 0 Å². The van der Waals surface area contributed by atoms with Gasteiger partial charge >= 0.3 is 0 Å². The molecule has 1 aromatic heterocycles. The van der Waals surface area contributed by atoms with Crippen LogP contribution in [0.25, 0.3) is 0 Å². The molecule has 0 bridgehead atoms. The highest BCUT2D eigenvalue weighted by molar-refractivity contribution is 6.99. The Labute approximate surface area is 110 Å². The Morgan fingerprint density at radius 2 is 2.28 bits per heavy atom. The average molecular weight is 268 g/mol. The number of aromatic nitrogens is 2. The van der Waals surface area contributed by atoms with Gasteiger partial charge in [-0.15, -0.1) is 0 Å². The predicted molar refractivity (Wildman–Crippen MR) is 66.7 cm³/mol. The first-order chi connectivity index (χ1) is 8.66. The second-order valence-electron chi connectivity index (χ2n) is 4.87. The van der Waals surface area contributed by atoms with Gasteiger partial charge in [0.25, 0.3) is 5.91 Å². The van der Waals surface area contributed by atoms with Crippen LogP contribution in [0.4, 0.5) is 0 Å². The van der Waals surface area contributed by atoms with Crippen LogP contribution in [-0.4, -0.2) is 69.9 Å². The molecule has 7 heteroatoms. The number of carbonyl (C=O) groups excluding carboxylic acids is 1. The number of carbonyl (C=O) groups is 1. The van der Waals surface area contributed by atoms with Crippen molar-refractivity contribution in [1.82, 2.24) is 18.5 Å². The second kappa shape index (κ2) is 4.56. The van der Waals surface area contributed by atoms with E-state index in [2.05, 4.69) is 20.7 Å². The lowest BCUT2D eigenvalue weighted by Gasteiger charge is -2.33. The standard InChI is InChI=1S/C11H16N4O2S/c1-7-10(13-18-12-7)11(16)15-5-8-9(6-15)17-4-3-14(8)2/h8-9H,3-6H2,1-2H3/t8-,9-/m0/s1. The minimum absolute atomic E-state index is 0.0207. The van der Waals surface area contributed by atoms with Gasteiger partial charge in [-0.2, -0.15) is 8.75 Å². The molecule has 0 spiro atoms. The van der Waals surface area contributed by atoms with Crippen molar-refractivity contribution >= 4 is 17.6 Å². The Hall–Kier alpha value is -1.05. The third-order valence-electron chi connectivity index (χ3n) is 3.72. The van der Waals surface area contributed by atoms with E-state index >= 15 is 0 Å². The highest BCUT2D eigenvalue weighted by atomic mass is 32.1. The molecular formula is C11H16N4O2S. The van der Waals surface area contributed by atoms with E-state index in [1.165, 1.54) is 0 Å². The summed E-state index contributed by atoms with van der Waals surface area (Å²) in [5.41, 5.74) is 1.20. The molecule has 0 N–H and O–H groups in total. The van der Waals surface area contributed by atoms with Gasteiger partial charge in [0, 0.05) is 19.6 Å².